The molecule has 1 aromatic heterocycles. The Balaban J connectivity index is 1.62. The summed E-state index contributed by atoms with van der Waals surface area (Å²) in [4.78, 5) is 28.9. The number of anilines is 2. The first-order valence-corrected chi connectivity index (χ1v) is 12.0. The maximum absolute atomic E-state index is 12.7. The molecule has 0 atom stereocenters. The molecule has 0 aliphatic carbocycles. The Kier molecular flexibility index (Phi) is 7.96. The predicted molar refractivity (Wildman–Crippen MR) is 126 cm³/mol. The zero-order chi connectivity index (χ0) is 23.8. The molecule has 9 nitrogen and oxygen atoms in total. The maximum Gasteiger partial charge on any atom is 0.255 e. The number of benzene rings is 2. The molecule has 2 N–H and O–H groups in total. The van der Waals surface area contributed by atoms with Gasteiger partial charge in [-0.2, -0.15) is 4.31 Å². The van der Waals surface area contributed by atoms with Crippen molar-refractivity contribution in [3.8, 4) is 0 Å². The van der Waals surface area contributed by atoms with Crippen molar-refractivity contribution in [3.05, 3.63) is 72.8 Å². The molecule has 10 heteroatoms. The number of nitrogens with zero attached hydrogens (tertiary/aromatic N) is 3. The third-order valence-corrected chi connectivity index (χ3v) is 7.08. The minimum atomic E-state index is -3.56. The lowest BCUT2D eigenvalue weighted by Crippen LogP contribution is -2.30. The fourth-order valence-electron chi connectivity index (χ4n) is 3.24. The van der Waals surface area contributed by atoms with Gasteiger partial charge >= 0.3 is 0 Å². The van der Waals surface area contributed by atoms with Crippen LogP contribution in [0.2, 0.25) is 0 Å². The normalized spacial score (nSPS) is 11.4. The van der Waals surface area contributed by atoms with Gasteiger partial charge in [0.2, 0.25) is 15.9 Å². The van der Waals surface area contributed by atoms with Gasteiger partial charge in [0.1, 0.15) is 0 Å². The van der Waals surface area contributed by atoms with E-state index in [1.54, 1.807) is 69.0 Å². The molecule has 0 aliphatic rings. The van der Waals surface area contributed by atoms with E-state index in [4.69, 9.17) is 0 Å². The van der Waals surface area contributed by atoms with Gasteiger partial charge in [-0.15, -0.1) is 0 Å². The molecule has 2 amide bonds. The summed E-state index contributed by atoms with van der Waals surface area (Å²) in [6, 6.07) is 12.7. The summed E-state index contributed by atoms with van der Waals surface area (Å²) >= 11 is 0. The second-order valence-electron chi connectivity index (χ2n) is 7.25. The summed E-state index contributed by atoms with van der Waals surface area (Å²) in [7, 11) is -3.56. The maximum atomic E-state index is 12.7. The van der Waals surface area contributed by atoms with E-state index in [2.05, 4.69) is 15.6 Å². The van der Waals surface area contributed by atoms with E-state index in [1.165, 1.54) is 16.4 Å². The average Bonchev–Trinajstić information content (AvgIpc) is 3.33. The van der Waals surface area contributed by atoms with E-state index < -0.39 is 10.0 Å². The van der Waals surface area contributed by atoms with Crippen LogP contribution < -0.4 is 10.6 Å². The van der Waals surface area contributed by atoms with Crippen LogP contribution in [0, 0.1) is 0 Å². The molecule has 3 rings (SSSR count). The highest BCUT2D eigenvalue weighted by Gasteiger charge is 2.21. The molecular weight excluding hydrogens is 442 g/mol. The first-order valence-electron chi connectivity index (χ1n) is 10.6. The van der Waals surface area contributed by atoms with Crippen molar-refractivity contribution in [2.45, 2.75) is 31.7 Å². The monoisotopic (exact) mass is 469 g/mol. The van der Waals surface area contributed by atoms with E-state index in [9.17, 15) is 18.0 Å². The number of carbonyl (C=O) groups excluding carboxylic acids is 2. The Bertz CT molecular complexity index is 1190. The van der Waals surface area contributed by atoms with E-state index in [0.29, 0.717) is 36.6 Å². The van der Waals surface area contributed by atoms with Gasteiger partial charge in [0.15, 0.2) is 0 Å². The van der Waals surface area contributed by atoms with Crippen LogP contribution in [0.15, 0.2) is 72.1 Å². The first kappa shape index (κ1) is 24.1. The van der Waals surface area contributed by atoms with Crippen molar-refractivity contribution in [3.63, 3.8) is 0 Å². The van der Waals surface area contributed by atoms with Crippen molar-refractivity contribution >= 4 is 33.2 Å². The number of nitrogens with one attached hydrogen (secondary N) is 2. The highest BCUT2D eigenvalue weighted by Crippen LogP contribution is 2.19. The Morgan fingerprint density at radius 3 is 2.36 bits per heavy atom. The summed E-state index contributed by atoms with van der Waals surface area (Å²) in [6.07, 6.45) is 5.35. The third kappa shape index (κ3) is 6.27. The van der Waals surface area contributed by atoms with Crippen LogP contribution in [0.3, 0.4) is 0 Å². The summed E-state index contributed by atoms with van der Waals surface area (Å²) in [6.45, 7) is 4.84. The van der Waals surface area contributed by atoms with Gasteiger partial charge in [0, 0.05) is 55.4 Å². The highest BCUT2D eigenvalue weighted by molar-refractivity contribution is 7.89. The number of aromatic nitrogens is 2. The molecule has 0 unspecified atom stereocenters. The van der Waals surface area contributed by atoms with Crippen LogP contribution in [0.4, 0.5) is 11.4 Å². The number of rotatable bonds is 10. The third-order valence-electron chi connectivity index (χ3n) is 5.02. The van der Waals surface area contributed by atoms with E-state index in [0.717, 1.165) is 0 Å². The Morgan fingerprint density at radius 2 is 1.73 bits per heavy atom. The predicted octanol–water partition coefficient (Wildman–Crippen LogP) is 3.19. The number of carbonyl (C=O) groups is 2. The zero-order valence-electron chi connectivity index (χ0n) is 18.6. The van der Waals surface area contributed by atoms with E-state index in [-0.39, 0.29) is 23.1 Å². The van der Waals surface area contributed by atoms with Crippen LogP contribution in [0.1, 0.15) is 30.6 Å². The first-order chi connectivity index (χ1) is 15.8. The van der Waals surface area contributed by atoms with Crippen LogP contribution in [0.5, 0.6) is 0 Å². The fourth-order valence-corrected chi connectivity index (χ4v) is 4.70. The van der Waals surface area contributed by atoms with Crippen LogP contribution in [-0.4, -0.2) is 47.2 Å². The molecule has 0 bridgehead atoms. The van der Waals surface area contributed by atoms with Crippen LogP contribution in [0.25, 0.3) is 0 Å². The molecule has 0 aliphatic heterocycles. The molecule has 0 radical (unpaired) electrons. The van der Waals surface area contributed by atoms with Gasteiger partial charge in [-0.3, -0.25) is 9.59 Å². The topological polar surface area (TPSA) is 113 Å². The molecule has 0 saturated heterocycles. The largest absolute Gasteiger partial charge is 0.337 e. The second-order valence-corrected chi connectivity index (χ2v) is 9.19. The van der Waals surface area contributed by atoms with Crippen molar-refractivity contribution in [1.29, 1.82) is 0 Å². The Morgan fingerprint density at radius 1 is 1.00 bits per heavy atom. The summed E-state index contributed by atoms with van der Waals surface area (Å²) in [5.41, 5.74) is 1.34. The molecule has 2 aromatic carbocycles. The second kappa shape index (κ2) is 10.9. The minimum Gasteiger partial charge on any atom is -0.337 e. The highest BCUT2D eigenvalue weighted by atomic mass is 32.2. The van der Waals surface area contributed by atoms with Gasteiger partial charge in [-0.05, 0) is 42.5 Å². The number of hydrogen-bond donors (Lipinski definition) is 2. The molecular formula is C23H27N5O4S. The SMILES string of the molecule is CCN(CC)S(=O)(=O)c1ccc(NC(=O)c2cccc(NC(=O)CCn3ccnc3)c2)cc1. The fraction of sp³-hybridized carbons (Fsp3) is 0.261. The Labute approximate surface area is 193 Å². The quantitative estimate of drug-likeness (QED) is 0.473. The van der Waals surface area contributed by atoms with Crippen LogP contribution in [-0.2, 0) is 21.4 Å². The molecule has 33 heavy (non-hydrogen) atoms. The van der Waals surface area contributed by atoms with Crippen molar-refractivity contribution < 1.29 is 18.0 Å². The molecule has 3 aromatic rings. The zero-order valence-corrected chi connectivity index (χ0v) is 19.4. The van der Waals surface area contributed by atoms with Gasteiger partial charge in [0.25, 0.3) is 5.91 Å². The number of aryl methyl sites for hydroxylation is 1. The van der Waals surface area contributed by atoms with Crippen molar-refractivity contribution in [1.82, 2.24) is 13.9 Å². The van der Waals surface area contributed by atoms with Gasteiger partial charge in [-0.1, -0.05) is 19.9 Å². The van der Waals surface area contributed by atoms with E-state index >= 15 is 0 Å². The summed E-state index contributed by atoms with van der Waals surface area (Å²) in [5.74, 6) is -0.546. The summed E-state index contributed by atoms with van der Waals surface area (Å²) < 4.78 is 28.4. The lowest BCUT2D eigenvalue weighted by Gasteiger charge is -2.18. The molecule has 1 heterocycles. The number of sulfonamides is 1. The minimum absolute atomic E-state index is 0.171. The van der Waals surface area contributed by atoms with Crippen molar-refractivity contribution in [2.24, 2.45) is 0 Å². The van der Waals surface area contributed by atoms with Crippen LogP contribution >= 0.6 is 0 Å². The number of hydrogen-bond acceptors (Lipinski definition) is 5. The lowest BCUT2D eigenvalue weighted by atomic mass is 10.1. The smallest absolute Gasteiger partial charge is 0.255 e. The van der Waals surface area contributed by atoms with E-state index in [1.807, 2.05) is 4.57 Å². The lowest BCUT2D eigenvalue weighted by molar-refractivity contribution is -0.116. The van der Waals surface area contributed by atoms with Gasteiger partial charge < -0.3 is 15.2 Å². The number of imidazole rings is 1. The molecule has 0 fully saturated rings. The number of amides is 2. The average molecular weight is 470 g/mol. The molecule has 0 saturated carbocycles. The standard InChI is InChI=1S/C23H27N5O4S/c1-3-28(4-2)33(31,32)21-10-8-19(9-11-21)26-23(30)18-6-5-7-20(16-18)25-22(29)12-14-27-15-13-24-17-27/h5-11,13,15-17H,3-4,12,14H2,1-2H3,(H,25,29)(H,26,30). The summed E-state index contributed by atoms with van der Waals surface area (Å²) in [5, 5.41) is 5.53. The molecule has 174 valence electrons. The molecule has 0 spiro atoms. The Hall–Kier alpha value is -3.50. The van der Waals surface area contributed by atoms with Gasteiger partial charge in [0.05, 0.1) is 11.2 Å². The van der Waals surface area contributed by atoms with Crippen molar-refractivity contribution in [2.75, 3.05) is 23.7 Å². The van der Waals surface area contributed by atoms with Gasteiger partial charge in [-0.25, -0.2) is 13.4 Å².